The standard InChI is InChI=1S/C16H18BrNOS/c1-12-10-15(20-13(12)2)16(19)18(9-8-17)11-14-6-4-3-5-7-14/h3-7,10H,8-9,11H2,1-2H3. The van der Waals surface area contributed by atoms with Crippen molar-refractivity contribution in [3.63, 3.8) is 0 Å². The number of carbonyl (C=O) groups is 1. The second-order valence-electron chi connectivity index (χ2n) is 4.75. The van der Waals surface area contributed by atoms with Crippen LogP contribution < -0.4 is 0 Å². The zero-order valence-corrected chi connectivity index (χ0v) is 14.1. The molecule has 0 unspecified atom stereocenters. The van der Waals surface area contributed by atoms with Gasteiger partial charge in [-0.1, -0.05) is 46.3 Å². The van der Waals surface area contributed by atoms with Crippen LogP contribution in [0.4, 0.5) is 0 Å². The van der Waals surface area contributed by atoms with Gasteiger partial charge in [0.15, 0.2) is 0 Å². The smallest absolute Gasteiger partial charge is 0.264 e. The number of hydrogen-bond acceptors (Lipinski definition) is 2. The van der Waals surface area contributed by atoms with Gasteiger partial charge in [-0.05, 0) is 31.0 Å². The summed E-state index contributed by atoms with van der Waals surface area (Å²) in [6.07, 6.45) is 0. The van der Waals surface area contributed by atoms with Crippen molar-refractivity contribution in [2.24, 2.45) is 0 Å². The van der Waals surface area contributed by atoms with E-state index in [9.17, 15) is 4.79 Å². The number of halogens is 1. The Morgan fingerprint density at radius 2 is 1.95 bits per heavy atom. The average molecular weight is 352 g/mol. The second-order valence-corrected chi connectivity index (χ2v) is 6.80. The molecule has 0 saturated heterocycles. The van der Waals surface area contributed by atoms with E-state index in [1.807, 2.05) is 29.2 Å². The highest BCUT2D eigenvalue weighted by molar-refractivity contribution is 9.09. The molecule has 2 rings (SSSR count). The second kappa shape index (κ2) is 7.04. The highest BCUT2D eigenvalue weighted by Crippen LogP contribution is 2.22. The number of hydrogen-bond donors (Lipinski definition) is 0. The van der Waals surface area contributed by atoms with Crippen molar-refractivity contribution in [2.45, 2.75) is 20.4 Å². The molecule has 2 nitrogen and oxygen atoms in total. The average Bonchev–Trinajstić information content (AvgIpc) is 2.78. The maximum Gasteiger partial charge on any atom is 0.264 e. The molecule has 0 N–H and O–H groups in total. The van der Waals surface area contributed by atoms with Crippen molar-refractivity contribution in [2.75, 3.05) is 11.9 Å². The van der Waals surface area contributed by atoms with Crippen LogP contribution in [0.15, 0.2) is 36.4 Å². The van der Waals surface area contributed by atoms with E-state index >= 15 is 0 Å². The van der Waals surface area contributed by atoms with Crippen LogP contribution in [-0.4, -0.2) is 22.7 Å². The number of amides is 1. The maximum atomic E-state index is 12.6. The lowest BCUT2D eigenvalue weighted by Crippen LogP contribution is -2.31. The highest BCUT2D eigenvalue weighted by Gasteiger charge is 2.18. The Bertz CT molecular complexity index is 560. The fraction of sp³-hybridized carbons (Fsp3) is 0.312. The van der Waals surface area contributed by atoms with Crippen LogP contribution in [0, 0.1) is 13.8 Å². The zero-order valence-electron chi connectivity index (χ0n) is 11.7. The van der Waals surface area contributed by atoms with E-state index in [1.54, 1.807) is 11.3 Å². The minimum absolute atomic E-state index is 0.120. The van der Waals surface area contributed by atoms with Gasteiger partial charge >= 0.3 is 0 Å². The van der Waals surface area contributed by atoms with Gasteiger partial charge < -0.3 is 4.90 Å². The molecule has 0 fully saturated rings. The minimum Gasteiger partial charge on any atom is -0.333 e. The Balaban J connectivity index is 2.17. The van der Waals surface area contributed by atoms with Gasteiger partial charge in [0.25, 0.3) is 5.91 Å². The van der Waals surface area contributed by atoms with Crippen LogP contribution in [0.2, 0.25) is 0 Å². The predicted octanol–water partition coefficient (Wildman–Crippen LogP) is 4.40. The first kappa shape index (κ1) is 15.3. The zero-order chi connectivity index (χ0) is 14.5. The third-order valence-corrected chi connectivity index (χ3v) is 4.73. The van der Waals surface area contributed by atoms with Crippen molar-refractivity contribution in [1.29, 1.82) is 0 Å². The molecule has 0 atom stereocenters. The van der Waals surface area contributed by atoms with E-state index in [0.29, 0.717) is 13.1 Å². The molecule has 4 heteroatoms. The molecule has 0 bridgehead atoms. The molecule has 0 radical (unpaired) electrons. The van der Waals surface area contributed by atoms with Gasteiger partial charge in [-0.15, -0.1) is 11.3 Å². The van der Waals surface area contributed by atoms with Gasteiger partial charge in [0, 0.05) is 23.3 Å². The summed E-state index contributed by atoms with van der Waals surface area (Å²) in [4.78, 5) is 16.6. The van der Waals surface area contributed by atoms with Gasteiger partial charge in [-0.2, -0.15) is 0 Å². The maximum absolute atomic E-state index is 12.6. The molecule has 1 heterocycles. The Kier molecular flexibility index (Phi) is 5.38. The fourth-order valence-corrected chi connectivity index (χ4v) is 3.42. The normalized spacial score (nSPS) is 10.6. The molecule has 2 aromatic rings. The van der Waals surface area contributed by atoms with E-state index in [4.69, 9.17) is 0 Å². The summed E-state index contributed by atoms with van der Waals surface area (Å²) in [6, 6.07) is 12.1. The van der Waals surface area contributed by atoms with Crippen LogP contribution in [0.25, 0.3) is 0 Å². The molecular weight excluding hydrogens is 334 g/mol. The summed E-state index contributed by atoms with van der Waals surface area (Å²) in [5.74, 6) is 0.120. The number of alkyl halides is 1. The Labute approximate surface area is 132 Å². The van der Waals surface area contributed by atoms with E-state index in [0.717, 1.165) is 15.8 Å². The molecule has 1 aromatic carbocycles. The summed E-state index contributed by atoms with van der Waals surface area (Å²) in [5, 5.41) is 0.787. The number of benzene rings is 1. The first-order valence-electron chi connectivity index (χ1n) is 6.58. The highest BCUT2D eigenvalue weighted by atomic mass is 79.9. The van der Waals surface area contributed by atoms with E-state index < -0.39 is 0 Å². The summed E-state index contributed by atoms with van der Waals surface area (Å²) < 4.78 is 0. The van der Waals surface area contributed by atoms with Crippen LogP contribution in [0.3, 0.4) is 0 Å². The number of aryl methyl sites for hydroxylation is 2. The van der Waals surface area contributed by atoms with E-state index in [-0.39, 0.29) is 5.91 Å². The van der Waals surface area contributed by atoms with Gasteiger partial charge in [-0.25, -0.2) is 0 Å². The molecule has 1 amide bonds. The molecule has 0 aliphatic heterocycles. The topological polar surface area (TPSA) is 20.3 Å². The third-order valence-electron chi connectivity index (χ3n) is 3.23. The molecule has 0 aliphatic carbocycles. The van der Waals surface area contributed by atoms with Crippen molar-refractivity contribution >= 4 is 33.2 Å². The minimum atomic E-state index is 0.120. The lowest BCUT2D eigenvalue weighted by molar-refractivity contribution is 0.0759. The van der Waals surface area contributed by atoms with Crippen molar-refractivity contribution in [3.8, 4) is 0 Å². The number of nitrogens with zero attached hydrogens (tertiary/aromatic N) is 1. The monoisotopic (exact) mass is 351 g/mol. The summed E-state index contributed by atoms with van der Waals surface area (Å²) >= 11 is 5.01. The number of rotatable bonds is 5. The molecule has 0 saturated carbocycles. The van der Waals surface area contributed by atoms with Crippen molar-refractivity contribution in [1.82, 2.24) is 4.90 Å². The summed E-state index contributed by atoms with van der Waals surface area (Å²) in [5.41, 5.74) is 2.35. The van der Waals surface area contributed by atoms with Gasteiger partial charge in [-0.3, -0.25) is 4.79 Å². The Morgan fingerprint density at radius 1 is 1.25 bits per heavy atom. The van der Waals surface area contributed by atoms with Crippen LogP contribution in [0.5, 0.6) is 0 Å². The van der Waals surface area contributed by atoms with E-state index in [1.165, 1.54) is 10.4 Å². The number of thiophene rings is 1. The quantitative estimate of drug-likeness (QED) is 0.731. The fourth-order valence-electron chi connectivity index (χ4n) is 1.99. The summed E-state index contributed by atoms with van der Waals surface area (Å²) in [6.45, 7) is 5.47. The Morgan fingerprint density at radius 3 is 2.50 bits per heavy atom. The largest absolute Gasteiger partial charge is 0.333 e. The van der Waals surface area contributed by atoms with E-state index in [2.05, 4.69) is 41.9 Å². The van der Waals surface area contributed by atoms with Crippen LogP contribution in [-0.2, 0) is 6.54 Å². The third kappa shape index (κ3) is 3.70. The van der Waals surface area contributed by atoms with Gasteiger partial charge in [0.2, 0.25) is 0 Å². The summed E-state index contributed by atoms with van der Waals surface area (Å²) in [7, 11) is 0. The predicted molar refractivity (Wildman–Crippen MR) is 88.8 cm³/mol. The molecule has 1 aromatic heterocycles. The Hall–Kier alpha value is -1.13. The van der Waals surface area contributed by atoms with Gasteiger partial charge in [0.05, 0.1) is 4.88 Å². The molecule has 20 heavy (non-hydrogen) atoms. The number of carbonyl (C=O) groups excluding carboxylic acids is 1. The van der Waals surface area contributed by atoms with Crippen molar-refractivity contribution in [3.05, 3.63) is 57.3 Å². The van der Waals surface area contributed by atoms with Gasteiger partial charge in [0.1, 0.15) is 0 Å². The lowest BCUT2D eigenvalue weighted by Gasteiger charge is -2.21. The molecular formula is C16H18BrNOS. The van der Waals surface area contributed by atoms with Crippen molar-refractivity contribution < 1.29 is 4.79 Å². The van der Waals surface area contributed by atoms with Crippen LogP contribution >= 0.6 is 27.3 Å². The first-order valence-corrected chi connectivity index (χ1v) is 8.52. The molecule has 0 aliphatic rings. The van der Waals surface area contributed by atoms with Crippen LogP contribution in [0.1, 0.15) is 25.7 Å². The first-order chi connectivity index (χ1) is 9.61. The SMILES string of the molecule is Cc1cc(C(=O)N(CCBr)Cc2ccccc2)sc1C. The molecule has 0 spiro atoms. The lowest BCUT2D eigenvalue weighted by atomic mass is 10.2. The molecule has 106 valence electrons.